The minimum absolute atomic E-state index is 0.181. The molecule has 1 amide bonds. The van der Waals surface area contributed by atoms with Gasteiger partial charge in [-0.1, -0.05) is 48.2 Å². The summed E-state index contributed by atoms with van der Waals surface area (Å²) in [6.07, 6.45) is 3.86. The van der Waals surface area contributed by atoms with Crippen LogP contribution in [0.2, 0.25) is 0 Å². The van der Waals surface area contributed by atoms with Crippen LogP contribution in [-0.2, 0) is 10.5 Å². The van der Waals surface area contributed by atoms with Gasteiger partial charge in [-0.25, -0.2) is 9.40 Å². The summed E-state index contributed by atoms with van der Waals surface area (Å²) in [5, 5.41) is 11.6. The van der Waals surface area contributed by atoms with E-state index in [-0.39, 0.29) is 11.7 Å². The molecule has 5 nitrogen and oxygen atoms in total. The maximum Gasteiger partial charge on any atom is 0.276 e. The van der Waals surface area contributed by atoms with Gasteiger partial charge in [0.2, 0.25) is 0 Å². The fourth-order valence-electron chi connectivity index (χ4n) is 4.09. The monoisotopic (exact) mass is 394 g/mol. The van der Waals surface area contributed by atoms with Crippen LogP contribution in [0.15, 0.2) is 58.6 Å². The van der Waals surface area contributed by atoms with E-state index in [4.69, 9.17) is 10.1 Å². The highest BCUT2D eigenvalue weighted by molar-refractivity contribution is 8.13. The molecule has 0 atom stereocenters. The molecule has 1 saturated carbocycles. The third-order valence-corrected chi connectivity index (χ3v) is 6.36. The van der Waals surface area contributed by atoms with Crippen LogP contribution in [0, 0.1) is 5.82 Å². The lowest BCUT2D eigenvalue weighted by atomic mass is 10.0. The Morgan fingerprint density at radius 3 is 2.68 bits per heavy atom. The van der Waals surface area contributed by atoms with E-state index in [0.717, 1.165) is 36.3 Å². The van der Waals surface area contributed by atoms with Crippen molar-refractivity contribution in [3.8, 4) is 0 Å². The molecule has 142 valence electrons. The standard InChI is InChI=1S/C21H19FN4OS/c22-16-9-3-1-7-14(16)13-28-20-23-19(27)18-15-8-2-4-10-17(15)24-21(26(18)25-20)11-5-6-12-21/h1-4,7-10H,5-6,11-13H2,(H,23,25,27). The van der Waals surface area contributed by atoms with E-state index in [1.807, 2.05) is 29.3 Å². The molecule has 2 heterocycles. The molecule has 1 N–H and O–H groups in total. The van der Waals surface area contributed by atoms with Gasteiger partial charge in [-0.15, -0.1) is 5.10 Å². The van der Waals surface area contributed by atoms with E-state index < -0.39 is 5.66 Å². The fraction of sp³-hybridized carbons (Fsp3) is 0.286. The minimum atomic E-state index is -0.495. The van der Waals surface area contributed by atoms with Crippen molar-refractivity contribution >= 4 is 28.5 Å². The van der Waals surface area contributed by atoms with Crippen LogP contribution in [0.1, 0.15) is 31.2 Å². The zero-order valence-electron chi connectivity index (χ0n) is 15.2. The molecular formula is C21H19FN4OS. The van der Waals surface area contributed by atoms with Gasteiger partial charge in [0.05, 0.1) is 5.36 Å². The molecule has 2 aromatic carbocycles. The Hall–Kier alpha value is -2.67. The van der Waals surface area contributed by atoms with Crippen molar-refractivity contribution in [1.82, 2.24) is 10.3 Å². The molecule has 5 rings (SSSR count). The Labute approximate surface area is 166 Å². The van der Waals surface area contributed by atoms with Crippen LogP contribution in [-0.4, -0.2) is 21.7 Å². The SMILES string of the molecule is O=C1NC(SCc2ccccc2F)=NN2C1=c1ccccc1=NC21CCCC1. The Bertz CT molecular complexity index is 1110. The molecule has 2 aliphatic heterocycles. The van der Waals surface area contributed by atoms with E-state index in [9.17, 15) is 9.18 Å². The van der Waals surface area contributed by atoms with Crippen molar-refractivity contribution in [1.29, 1.82) is 0 Å². The largest absolute Gasteiger partial charge is 0.298 e. The highest BCUT2D eigenvalue weighted by atomic mass is 32.2. The van der Waals surface area contributed by atoms with Crippen LogP contribution in [0.25, 0.3) is 5.70 Å². The molecule has 0 saturated heterocycles. The van der Waals surface area contributed by atoms with Crippen LogP contribution in [0.3, 0.4) is 0 Å². The number of fused-ring (bicyclic) bond motifs is 3. The number of para-hydroxylation sites is 1. The number of nitrogens with one attached hydrogen (secondary N) is 1. The van der Waals surface area contributed by atoms with Crippen molar-refractivity contribution in [2.45, 2.75) is 37.1 Å². The minimum Gasteiger partial charge on any atom is -0.298 e. The predicted octanol–water partition coefficient (Wildman–Crippen LogP) is 2.47. The summed E-state index contributed by atoms with van der Waals surface area (Å²) in [7, 11) is 0. The molecule has 0 unspecified atom stereocenters. The Morgan fingerprint density at radius 1 is 1.11 bits per heavy atom. The van der Waals surface area contributed by atoms with Crippen LogP contribution in [0.4, 0.5) is 4.39 Å². The molecule has 7 heteroatoms. The van der Waals surface area contributed by atoms with Crippen LogP contribution < -0.4 is 15.9 Å². The van der Waals surface area contributed by atoms with E-state index in [0.29, 0.717) is 22.2 Å². The van der Waals surface area contributed by atoms with Crippen molar-refractivity contribution in [3.63, 3.8) is 0 Å². The van der Waals surface area contributed by atoms with Gasteiger partial charge in [0.25, 0.3) is 5.91 Å². The van der Waals surface area contributed by atoms with Gasteiger partial charge >= 0.3 is 0 Å². The number of hydrogen-bond donors (Lipinski definition) is 1. The quantitative estimate of drug-likeness (QED) is 0.851. The first-order valence-corrected chi connectivity index (χ1v) is 10.4. The maximum atomic E-state index is 13.9. The molecule has 1 aliphatic carbocycles. The smallest absolute Gasteiger partial charge is 0.276 e. The van der Waals surface area contributed by atoms with Gasteiger partial charge in [0.1, 0.15) is 11.5 Å². The lowest BCUT2D eigenvalue weighted by molar-refractivity contribution is -0.116. The summed E-state index contributed by atoms with van der Waals surface area (Å²) in [4.78, 5) is 18.0. The van der Waals surface area contributed by atoms with Crippen molar-refractivity contribution in [3.05, 3.63) is 70.5 Å². The number of nitrogens with zero attached hydrogens (tertiary/aromatic N) is 3. The number of halogens is 1. The molecule has 2 aromatic rings. The summed E-state index contributed by atoms with van der Waals surface area (Å²) >= 11 is 1.33. The van der Waals surface area contributed by atoms with Crippen LogP contribution in [0.5, 0.6) is 0 Å². The molecule has 0 bridgehead atoms. The second-order valence-electron chi connectivity index (χ2n) is 7.22. The van der Waals surface area contributed by atoms with Gasteiger partial charge in [0, 0.05) is 11.0 Å². The van der Waals surface area contributed by atoms with E-state index in [2.05, 4.69) is 5.32 Å². The second-order valence-corrected chi connectivity index (χ2v) is 8.18. The Balaban J connectivity index is 1.55. The third kappa shape index (κ3) is 2.81. The van der Waals surface area contributed by atoms with Gasteiger partial charge in [-0.2, -0.15) is 0 Å². The molecule has 28 heavy (non-hydrogen) atoms. The zero-order chi connectivity index (χ0) is 19.1. The number of hydrazone groups is 1. The molecule has 1 fully saturated rings. The first-order valence-electron chi connectivity index (χ1n) is 9.42. The second kappa shape index (κ2) is 6.74. The van der Waals surface area contributed by atoms with E-state index in [1.165, 1.54) is 17.8 Å². The summed E-state index contributed by atoms with van der Waals surface area (Å²) in [5.74, 6) is -0.0332. The Kier molecular flexibility index (Phi) is 4.19. The highest BCUT2D eigenvalue weighted by Crippen LogP contribution is 2.41. The number of rotatable bonds is 2. The van der Waals surface area contributed by atoms with E-state index >= 15 is 0 Å². The first kappa shape index (κ1) is 17.4. The van der Waals surface area contributed by atoms with Gasteiger partial charge in [0.15, 0.2) is 10.8 Å². The Morgan fingerprint density at radius 2 is 1.86 bits per heavy atom. The number of thioether (sulfide) groups is 1. The lowest BCUT2D eigenvalue weighted by Gasteiger charge is -2.41. The van der Waals surface area contributed by atoms with Crippen LogP contribution >= 0.6 is 11.8 Å². The van der Waals surface area contributed by atoms with Gasteiger partial charge in [-0.3, -0.25) is 15.1 Å². The van der Waals surface area contributed by atoms with Gasteiger partial charge < -0.3 is 0 Å². The van der Waals surface area contributed by atoms with Crippen molar-refractivity contribution in [2.75, 3.05) is 0 Å². The average molecular weight is 394 g/mol. The molecule has 3 aliphatic rings. The topological polar surface area (TPSA) is 57.1 Å². The summed E-state index contributed by atoms with van der Waals surface area (Å²) in [6, 6.07) is 14.4. The van der Waals surface area contributed by atoms with Crippen molar-refractivity contribution in [2.24, 2.45) is 10.1 Å². The molecular weight excluding hydrogens is 375 g/mol. The first-order chi connectivity index (χ1) is 13.7. The number of benzene rings is 2. The molecule has 0 radical (unpaired) electrons. The van der Waals surface area contributed by atoms with Gasteiger partial charge in [-0.05, 0) is 43.4 Å². The molecule has 0 aromatic heterocycles. The number of carbonyl (C=O) groups is 1. The van der Waals surface area contributed by atoms with E-state index in [1.54, 1.807) is 18.2 Å². The van der Waals surface area contributed by atoms with Crippen molar-refractivity contribution < 1.29 is 9.18 Å². The lowest BCUT2D eigenvalue weighted by Crippen LogP contribution is -2.57. The fourth-order valence-corrected chi connectivity index (χ4v) is 4.92. The number of amides is 1. The average Bonchev–Trinajstić information content (AvgIpc) is 3.16. The molecule has 1 spiro atoms. The summed E-state index contributed by atoms with van der Waals surface area (Å²) in [6.45, 7) is 0. The normalized spacial score (nSPS) is 19.6. The summed E-state index contributed by atoms with van der Waals surface area (Å²) in [5.41, 5.74) is 0.650. The highest BCUT2D eigenvalue weighted by Gasteiger charge is 2.46. The maximum absolute atomic E-state index is 13.9. The number of amidine groups is 1. The predicted molar refractivity (Wildman–Crippen MR) is 107 cm³/mol. The number of hydrogen-bond acceptors (Lipinski definition) is 5. The zero-order valence-corrected chi connectivity index (χ0v) is 16.0. The summed E-state index contributed by atoms with van der Waals surface area (Å²) < 4.78 is 13.9. The number of carbonyl (C=O) groups excluding carboxylic acids is 1. The third-order valence-electron chi connectivity index (χ3n) is 5.45.